The largest absolute Gasteiger partial charge is 0.481 e. The first-order valence-electron chi connectivity index (χ1n) is 5.45. The zero-order valence-electron chi connectivity index (χ0n) is 9.74. The molecular formula is C9H18N2O5S. The van der Waals surface area contributed by atoms with Crippen LogP contribution in [0.1, 0.15) is 19.3 Å². The minimum Gasteiger partial charge on any atom is -0.481 e. The van der Waals surface area contributed by atoms with Gasteiger partial charge in [0.1, 0.15) is 0 Å². The Bertz CT molecular complexity index is 370. The van der Waals surface area contributed by atoms with Crippen LogP contribution in [0.4, 0.5) is 0 Å². The molecule has 17 heavy (non-hydrogen) atoms. The highest BCUT2D eigenvalue weighted by Crippen LogP contribution is 2.16. The Morgan fingerprint density at radius 1 is 1.53 bits per heavy atom. The molecule has 1 unspecified atom stereocenters. The van der Waals surface area contributed by atoms with Crippen LogP contribution in [0.5, 0.6) is 0 Å². The molecule has 7 nitrogen and oxygen atoms in total. The number of carboxylic acids is 1. The van der Waals surface area contributed by atoms with E-state index < -0.39 is 22.3 Å². The third-order valence-electron chi connectivity index (χ3n) is 2.72. The number of nitrogens with zero attached hydrogens (tertiary/aromatic N) is 2. The molecular weight excluding hydrogens is 248 g/mol. The predicted octanol–water partition coefficient (Wildman–Crippen LogP) is -0.906. The number of hydrogen-bond donors (Lipinski definition) is 2. The van der Waals surface area contributed by atoms with Gasteiger partial charge in [0.15, 0.2) is 0 Å². The summed E-state index contributed by atoms with van der Waals surface area (Å²) in [7, 11) is -2.30. The van der Waals surface area contributed by atoms with E-state index in [-0.39, 0.29) is 19.5 Å². The van der Waals surface area contributed by atoms with Crippen molar-refractivity contribution in [3.63, 3.8) is 0 Å². The van der Waals surface area contributed by atoms with Crippen LogP contribution >= 0.6 is 0 Å². The van der Waals surface area contributed by atoms with Gasteiger partial charge in [-0.25, -0.2) is 0 Å². The number of β-amino-alcohol motifs (C(OH)–C–C–N with tert-alkyl or cyclic N) is 1. The molecule has 1 aliphatic heterocycles. The third-order valence-corrected chi connectivity index (χ3v) is 4.67. The van der Waals surface area contributed by atoms with Crippen molar-refractivity contribution in [2.45, 2.75) is 25.4 Å². The van der Waals surface area contributed by atoms with E-state index in [0.29, 0.717) is 19.4 Å². The smallest absolute Gasteiger partial charge is 0.304 e. The third kappa shape index (κ3) is 3.91. The molecule has 100 valence electrons. The summed E-state index contributed by atoms with van der Waals surface area (Å²) in [4.78, 5) is 10.4. The predicted molar refractivity (Wildman–Crippen MR) is 60.6 cm³/mol. The van der Waals surface area contributed by atoms with E-state index in [0.717, 1.165) is 4.31 Å². The normalized spacial score (nSPS) is 22.9. The van der Waals surface area contributed by atoms with E-state index >= 15 is 0 Å². The maximum Gasteiger partial charge on any atom is 0.304 e. The molecule has 0 aromatic carbocycles. The van der Waals surface area contributed by atoms with E-state index in [1.807, 2.05) is 0 Å². The highest BCUT2D eigenvalue weighted by molar-refractivity contribution is 7.86. The summed E-state index contributed by atoms with van der Waals surface area (Å²) < 4.78 is 26.2. The van der Waals surface area contributed by atoms with Gasteiger partial charge in [-0.3, -0.25) is 4.79 Å². The fourth-order valence-corrected chi connectivity index (χ4v) is 3.13. The minimum absolute atomic E-state index is 0.0652. The van der Waals surface area contributed by atoms with Crippen LogP contribution in [0, 0.1) is 0 Å². The summed E-state index contributed by atoms with van der Waals surface area (Å²) in [6.07, 6.45) is 0.357. The summed E-state index contributed by atoms with van der Waals surface area (Å²) >= 11 is 0. The van der Waals surface area contributed by atoms with Crippen molar-refractivity contribution >= 4 is 16.2 Å². The molecule has 0 spiro atoms. The van der Waals surface area contributed by atoms with E-state index in [2.05, 4.69) is 0 Å². The lowest BCUT2D eigenvalue weighted by molar-refractivity contribution is -0.137. The molecule has 0 aromatic rings. The topological polar surface area (TPSA) is 98.2 Å². The van der Waals surface area contributed by atoms with E-state index in [1.165, 1.54) is 11.4 Å². The first-order valence-corrected chi connectivity index (χ1v) is 6.85. The fraction of sp³-hybridized carbons (Fsp3) is 0.889. The Labute approximate surface area is 101 Å². The lowest BCUT2D eigenvalue weighted by Gasteiger charge is -2.32. The Hall–Kier alpha value is -0.700. The number of aliphatic carboxylic acids is 1. The number of piperidine rings is 1. The maximum atomic E-state index is 12.0. The average molecular weight is 266 g/mol. The van der Waals surface area contributed by atoms with Gasteiger partial charge in [-0.1, -0.05) is 0 Å². The summed E-state index contributed by atoms with van der Waals surface area (Å²) in [5.41, 5.74) is 0. The number of hydrogen-bond acceptors (Lipinski definition) is 4. The fourth-order valence-electron chi connectivity index (χ4n) is 1.70. The molecule has 0 amide bonds. The van der Waals surface area contributed by atoms with Gasteiger partial charge >= 0.3 is 5.97 Å². The summed E-state index contributed by atoms with van der Waals surface area (Å²) in [6, 6.07) is 0. The molecule has 2 N–H and O–H groups in total. The zero-order valence-corrected chi connectivity index (χ0v) is 10.6. The number of rotatable bonds is 5. The summed E-state index contributed by atoms with van der Waals surface area (Å²) in [5, 5.41) is 17.9. The lowest BCUT2D eigenvalue weighted by Crippen LogP contribution is -2.48. The second-order valence-corrected chi connectivity index (χ2v) is 6.16. The van der Waals surface area contributed by atoms with Gasteiger partial charge in [0, 0.05) is 26.7 Å². The summed E-state index contributed by atoms with van der Waals surface area (Å²) in [5.74, 6) is -1.04. The SMILES string of the molecule is CN(CCC(=O)O)S(=O)(=O)N1CCCC(O)C1. The van der Waals surface area contributed by atoms with E-state index in [4.69, 9.17) is 5.11 Å². The van der Waals surface area contributed by atoms with Crippen LogP contribution in [0.25, 0.3) is 0 Å². The van der Waals surface area contributed by atoms with Gasteiger partial charge < -0.3 is 10.2 Å². The molecule has 1 saturated heterocycles. The standard InChI is InChI=1S/C9H18N2O5S/c1-10(6-4-9(13)14)17(15,16)11-5-2-3-8(12)7-11/h8,12H,2-7H2,1H3,(H,13,14). The van der Waals surface area contributed by atoms with Crippen molar-refractivity contribution in [2.24, 2.45) is 0 Å². The highest BCUT2D eigenvalue weighted by Gasteiger charge is 2.31. The Morgan fingerprint density at radius 3 is 2.71 bits per heavy atom. The molecule has 1 atom stereocenters. The van der Waals surface area contributed by atoms with Gasteiger partial charge in [0.25, 0.3) is 10.2 Å². The molecule has 0 aliphatic carbocycles. The van der Waals surface area contributed by atoms with Gasteiger partial charge in [-0.05, 0) is 12.8 Å². The zero-order chi connectivity index (χ0) is 13.1. The van der Waals surface area contributed by atoms with E-state index in [9.17, 15) is 18.3 Å². The summed E-state index contributed by atoms with van der Waals surface area (Å²) in [6.45, 7) is 0.390. The van der Waals surface area contributed by atoms with E-state index in [1.54, 1.807) is 0 Å². The first kappa shape index (κ1) is 14.4. The molecule has 1 rings (SSSR count). The van der Waals surface area contributed by atoms with Crippen molar-refractivity contribution in [2.75, 3.05) is 26.7 Å². The number of aliphatic hydroxyl groups is 1. The monoisotopic (exact) mass is 266 g/mol. The molecule has 0 saturated carbocycles. The van der Waals surface area contributed by atoms with Crippen LogP contribution < -0.4 is 0 Å². The highest BCUT2D eigenvalue weighted by atomic mass is 32.2. The number of aliphatic hydroxyl groups excluding tert-OH is 1. The lowest BCUT2D eigenvalue weighted by atomic mass is 10.1. The Balaban J connectivity index is 2.62. The average Bonchev–Trinajstić information content (AvgIpc) is 2.25. The van der Waals surface area contributed by atoms with Gasteiger partial charge in [0.05, 0.1) is 12.5 Å². The van der Waals surface area contributed by atoms with Gasteiger partial charge in [-0.15, -0.1) is 0 Å². The van der Waals surface area contributed by atoms with Crippen molar-refractivity contribution in [3.8, 4) is 0 Å². The molecule has 1 aliphatic rings. The first-order chi connectivity index (χ1) is 7.84. The van der Waals surface area contributed by atoms with Crippen LogP contribution in [-0.4, -0.2) is 66.0 Å². The molecule has 1 fully saturated rings. The van der Waals surface area contributed by atoms with Crippen molar-refractivity contribution < 1.29 is 23.4 Å². The minimum atomic E-state index is -3.65. The van der Waals surface area contributed by atoms with Crippen molar-refractivity contribution in [1.82, 2.24) is 8.61 Å². The maximum absolute atomic E-state index is 12.0. The molecule has 0 radical (unpaired) electrons. The molecule has 1 heterocycles. The second-order valence-electron chi connectivity index (χ2n) is 4.13. The van der Waals surface area contributed by atoms with Crippen molar-refractivity contribution in [3.05, 3.63) is 0 Å². The molecule has 8 heteroatoms. The quantitative estimate of drug-likeness (QED) is 0.671. The number of carboxylic acid groups (broad SMARTS) is 1. The van der Waals surface area contributed by atoms with Crippen LogP contribution in [0.2, 0.25) is 0 Å². The number of carbonyl (C=O) groups is 1. The van der Waals surface area contributed by atoms with Gasteiger partial charge in [-0.2, -0.15) is 17.0 Å². The second kappa shape index (κ2) is 5.76. The van der Waals surface area contributed by atoms with Crippen LogP contribution in [0.15, 0.2) is 0 Å². The van der Waals surface area contributed by atoms with Crippen molar-refractivity contribution in [1.29, 1.82) is 0 Å². The Kier molecular flexibility index (Phi) is 4.87. The van der Waals surface area contributed by atoms with Gasteiger partial charge in [0.2, 0.25) is 0 Å². The molecule has 0 aromatic heterocycles. The van der Waals surface area contributed by atoms with Crippen LogP contribution in [-0.2, 0) is 15.0 Å². The van der Waals surface area contributed by atoms with Crippen LogP contribution in [0.3, 0.4) is 0 Å². The Morgan fingerprint density at radius 2 is 2.18 bits per heavy atom. The molecule has 0 bridgehead atoms.